The molecule has 0 spiro atoms. The Morgan fingerprint density at radius 1 is 1.44 bits per heavy atom. The summed E-state index contributed by atoms with van der Waals surface area (Å²) in [7, 11) is 0. The number of nitriles is 1. The van der Waals surface area contributed by atoms with E-state index in [9.17, 15) is 0 Å². The molecule has 1 aromatic rings. The van der Waals surface area contributed by atoms with Gasteiger partial charge in [0.2, 0.25) is 0 Å². The van der Waals surface area contributed by atoms with Crippen LogP contribution in [-0.4, -0.2) is 17.8 Å². The van der Waals surface area contributed by atoms with E-state index in [1.807, 2.05) is 6.07 Å². The van der Waals surface area contributed by atoms with E-state index >= 15 is 0 Å². The van der Waals surface area contributed by atoms with Crippen molar-refractivity contribution in [2.24, 2.45) is 5.92 Å². The van der Waals surface area contributed by atoms with E-state index in [0.717, 1.165) is 12.0 Å². The average Bonchev–Trinajstić information content (AvgIpc) is 2.35. The van der Waals surface area contributed by atoms with E-state index < -0.39 is 0 Å². The molecule has 98 valence electrons. The van der Waals surface area contributed by atoms with Gasteiger partial charge in [-0.05, 0) is 30.0 Å². The minimum absolute atomic E-state index is 0.178. The quantitative estimate of drug-likeness (QED) is 0.832. The summed E-state index contributed by atoms with van der Waals surface area (Å²) in [5, 5.41) is 21.8. The normalized spacial score (nSPS) is 12.4. The Hall–Kier alpha value is -1.08. The summed E-state index contributed by atoms with van der Waals surface area (Å²) >= 11 is 6.11. The fraction of sp³-hybridized carbons (Fsp3) is 0.500. The van der Waals surface area contributed by atoms with Gasteiger partial charge in [-0.2, -0.15) is 5.26 Å². The molecule has 0 saturated carbocycles. The zero-order valence-electron chi connectivity index (χ0n) is 10.8. The largest absolute Gasteiger partial charge is 0.396 e. The number of nitrogens with zero attached hydrogens (tertiary/aromatic N) is 1. The number of nitrogens with one attached hydrogen (secondary N) is 1. The molecule has 0 radical (unpaired) electrons. The minimum atomic E-state index is 0.178. The number of aliphatic hydroxyl groups excluding tert-OH is 1. The molecule has 1 atom stereocenters. The monoisotopic (exact) mass is 266 g/mol. The van der Waals surface area contributed by atoms with E-state index in [2.05, 4.69) is 25.2 Å². The summed E-state index contributed by atoms with van der Waals surface area (Å²) in [4.78, 5) is 0. The fourth-order valence-corrected chi connectivity index (χ4v) is 2.06. The first-order valence-electron chi connectivity index (χ1n) is 6.11. The van der Waals surface area contributed by atoms with Crippen molar-refractivity contribution in [3.05, 3.63) is 34.3 Å². The minimum Gasteiger partial charge on any atom is -0.396 e. The molecule has 0 amide bonds. The van der Waals surface area contributed by atoms with Gasteiger partial charge < -0.3 is 10.4 Å². The Morgan fingerprint density at radius 2 is 2.17 bits per heavy atom. The first-order chi connectivity index (χ1) is 8.58. The molecule has 4 heteroatoms. The maximum atomic E-state index is 9.00. The van der Waals surface area contributed by atoms with Gasteiger partial charge in [0, 0.05) is 24.2 Å². The van der Waals surface area contributed by atoms with E-state index in [1.165, 1.54) is 0 Å². The Balaban J connectivity index is 2.65. The predicted molar refractivity (Wildman–Crippen MR) is 73.3 cm³/mol. The summed E-state index contributed by atoms with van der Waals surface area (Å²) < 4.78 is 0. The Kier molecular flexibility index (Phi) is 6.14. The number of hydrogen-bond donors (Lipinski definition) is 2. The molecule has 0 saturated heterocycles. The molecule has 2 N–H and O–H groups in total. The van der Waals surface area contributed by atoms with Crippen LogP contribution in [-0.2, 0) is 6.54 Å². The van der Waals surface area contributed by atoms with Crippen LogP contribution in [0.2, 0.25) is 5.02 Å². The van der Waals surface area contributed by atoms with Crippen LogP contribution < -0.4 is 5.32 Å². The van der Waals surface area contributed by atoms with Crippen molar-refractivity contribution in [3.8, 4) is 6.07 Å². The molecule has 0 aliphatic rings. The first-order valence-corrected chi connectivity index (χ1v) is 6.49. The topological polar surface area (TPSA) is 56.0 Å². The van der Waals surface area contributed by atoms with Crippen molar-refractivity contribution < 1.29 is 5.11 Å². The van der Waals surface area contributed by atoms with Gasteiger partial charge in [0.05, 0.1) is 11.6 Å². The molecule has 3 nitrogen and oxygen atoms in total. The molecular weight excluding hydrogens is 248 g/mol. The van der Waals surface area contributed by atoms with Crippen molar-refractivity contribution in [2.75, 3.05) is 6.61 Å². The lowest BCUT2D eigenvalue weighted by Gasteiger charge is -2.22. The van der Waals surface area contributed by atoms with Crippen LogP contribution in [0.5, 0.6) is 0 Å². The average molecular weight is 267 g/mol. The Bertz CT molecular complexity index is 426. The first kappa shape index (κ1) is 15.0. The third kappa shape index (κ3) is 4.30. The van der Waals surface area contributed by atoms with Gasteiger partial charge >= 0.3 is 0 Å². The molecular formula is C14H19ClN2O. The van der Waals surface area contributed by atoms with Gasteiger partial charge in [0.25, 0.3) is 0 Å². The third-order valence-corrected chi connectivity index (χ3v) is 3.33. The smallest absolute Gasteiger partial charge is 0.0992 e. The van der Waals surface area contributed by atoms with Gasteiger partial charge in [-0.25, -0.2) is 0 Å². The molecule has 0 bridgehead atoms. The molecule has 1 aromatic carbocycles. The Labute approximate surface area is 113 Å². The van der Waals surface area contributed by atoms with Gasteiger partial charge in [0.15, 0.2) is 0 Å². The van der Waals surface area contributed by atoms with Crippen molar-refractivity contribution in [1.82, 2.24) is 5.32 Å². The lowest BCUT2D eigenvalue weighted by Crippen LogP contribution is -2.34. The van der Waals surface area contributed by atoms with Crippen LogP contribution >= 0.6 is 11.6 Å². The van der Waals surface area contributed by atoms with Crippen LogP contribution in [0.15, 0.2) is 18.2 Å². The number of halogens is 1. The van der Waals surface area contributed by atoms with Gasteiger partial charge in [0.1, 0.15) is 0 Å². The Morgan fingerprint density at radius 3 is 2.67 bits per heavy atom. The molecule has 1 unspecified atom stereocenters. The van der Waals surface area contributed by atoms with Crippen LogP contribution in [0.25, 0.3) is 0 Å². The van der Waals surface area contributed by atoms with Crippen molar-refractivity contribution in [2.45, 2.75) is 32.9 Å². The summed E-state index contributed by atoms with van der Waals surface area (Å²) in [6.45, 7) is 5.06. The lowest BCUT2D eigenvalue weighted by molar-refractivity contribution is 0.244. The standard InChI is InChI=1S/C14H19ClN2O/c1-10(2)14(5-6-18)17-9-12-4-3-11(8-16)7-13(12)15/h3-4,7,10,14,17-18H,5-6,9H2,1-2H3. The van der Waals surface area contributed by atoms with Crippen LogP contribution in [0, 0.1) is 17.2 Å². The van der Waals surface area contributed by atoms with Crippen molar-refractivity contribution in [3.63, 3.8) is 0 Å². The molecule has 0 aliphatic heterocycles. The highest BCUT2D eigenvalue weighted by Gasteiger charge is 2.12. The van der Waals surface area contributed by atoms with Crippen molar-refractivity contribution in [1.29, 1.82) is 5.26 Å². The highest BCUT2D eigenvalue weighted by atomic mass is 35.5. The third-order valence-electron chi connectivity index (χ3n) is 2.98. The van der Waals surface area contributed by atoms with E-state index in [0.29, 0.717) is 23.0 Å². The summed E-state index contributed by atoms with van der Waals surface area (Å²) in [6, 6.07) is 7.63. The number of hydrogen-bond acceptors (Lipinski definition) is 3. The number of rotatable bonds is 6. The van der Waals surface area contributed by atoms with Gasteiger partial charge in [-0.15, -0.1) is 0 Å². The second-order valence-electron chi connectivity index (χ2n) is 4.66. The molecule has 1 rings (SSSR count). The van der Waals surface area contributed by atoms with Crippen LogP contribution in [0.1, 0.15) is 31.4 Å². The number of benzene rings is 1. The van der Waals surface area contributed by atoms with Gasteiger partial charge in [-0.1, -0.05) is 31.5 Å². The SMILES string of the molecule is CC(C)C(CCO)NCc1ccc(C#N)cc1Cl. The zero-order chi connectivity index (χ0) is 13.5. The van der Waals surface area contributed by atoms with Crippen LogP contribution in [0.4, 0.5) is 0 Å². The zero-order valence-corrected chi connectivity index (χ0v) is 11.5. The second kappa shape index (κ2) is 7.38. The summed E-state index contributed by atoms with van der Waals surface area (Å²) in [5.74, 6) is 0.453. The molecule has 0 aromatic heterocycles. The molecule has 0 fully saturated rings. The molecule has 0 heterocycles. The summed E-state index contributed by atoms with van der Waals surface area (Å²) in [6.07, 6.45) is 0.728. The van der Waals surface area contributed by atoms with Crippen molar-refractivity contribution >= 4 is 11.6 Å². The molecule has 0 aliphatic carbocycles. The maximum Gasteiger partial charge on any atom is 0.0992 e. The van der Waals surface area contributed by atoms with E-state index in [1.54, 1.807) is 12.1 Å². The summed E-state index contributed by atoms with van der Waals surface area (Å²) in [5.41, 5.74) is 1.54. The van der Waals surface area contributed by atoms with Crippen LogP contribution in [0.3, 0.4) is 0 Å². The van der Waals surface area contributed by atoms with E-state index in [4.69, 9.17) is 22.0 Å². The van der Waals surface area contributed by atoms with E-state index in [-0.39, 0.29) is 12.6 Å². The predicted octanol–water partition coefficient (Wildman–Crippen LogP) is 2.71. The fourth-order valence-electron chi connectivity index (χ4n) is 1.81. The molecule has 18 heavy (non-hydrogen) atoms. The number of aliphatic hydroxyl groups is 1. The van der Waals surface area contributed by atoms with Gasteiger partial charge in [-0.3, -0.25) is 0 Å². The highest BCUT2D eigenvalue weighted by molar-refractivity contribution is 6.31. The second-order valence-corrected chi connectivity index (χ2v) is 5.07. The highest BCUT2D eigenvalue weighted by Crippen LogP contribution is 2.18. The lowest BCUT2D eigenvalue weighted by atomic mass is 10.0. The maximum absolute atomic E-state index is 9.00.